The number of amides is 3. The van der Waals surface area contributed by atoms with Gasteiger partial charge in [0.05, 0.1) is 12.0 Å². The Morgan fingerprint density at radius 3 is 3.18 bits per heavy atom. The van der Waals surface area contributed by atoms with Gasteiger partial charge in [0.2, 0.25) is 6.10 Å². The molecule has 0 fully saturated rings. The number of nitrogens with one attached hydrogen (secondary N) is 1. The van der Waals surface area contributed by atoms with Crippen molar-refractivity contribution < 1.29 is 14.3 Å². The number of rotatable bonds is 0. The number of hydrogen-bond acceptors (Lipinski definition) is 3. The molecule has 56 valence electrons. The Morgan fingerprint density at radius 2 is 2.36 bits per heavy atom. The number of carbonyl (C=O) groups excluding carboxylic acids is 2. The van der Waals surface area contributed by atoms with E-state index in [0.29, 0.717) is 5.71 Å². The summed E-state index contributed by atoms with van der Waals surface area (Å²) in [4.78, 5) is 25.0. The molecule has 1 N–H and O–H groups in total. The summed E-state index contributed by atoms with van der Waals surface area (Å²) in [5.74, 6) is -0.454. The molecular weight excluding hydrogens is 148 g/mol. The number of imide groups is 1. The lowest BCUT2D eigenvalue weighted by Crippen LogP contribution is -2.45. The van der Waals surface area contributed by atoms with Crippen LogP contribution >= 0.6 is 0 Å². The van der Waals surface area contributed by atoms with Gasteiger partial charge < -0.3 is 4.74 Å². The van der Waals surface area contributed by atoms with E-state index in [2.05, 4.69) is 4.99 Å². The lowest BCUT2D eigenvalue weighted by atomic mass is 10.2. The zero-order valence-electron chi connectivity index (χ0n) is 5.40. The molecule has 0 aromatic heterocycles. The molecule has 2 aliphatic heterocycles. The number of urea groups is 1. The Kier molecular flexibility index (Phi) is 1.06. The van der Waals surface area contributed by atoms with Crippen LogP contribution in [0.5, 0.6) is 0 Å². The van der Waals surface area contributed by atoms with Crippen LogP contribution in [-0.2, 0) is 9.53 Å². The van der Waals surface area contributed by atoms with Crippen molar-refractivity contribution in [3.8, 4) is 0 Å². The van der Waals surface area contributed by atoms with Gasteiger partial charge in [-0.05, 0) is 6.08 Å². The summed E-state index contributed by atoms with van der Waals surface area (Å²) in [7, 11) is 0. The minimum atomic E-state index is -0.715. The number of ether oxygens (including phenoxy) is 1. The molecule has 11 heavy (non-hydrogen) atoms. The Morgan fingerprint density at radius 1 is 1.55 bits per heavy atom. The molecule has 1 atom stereocenters. The quantitative estimate of drug-likeness (QED) is 0.513. The molecule has 5 heteroatoms. The van der Waals surface area contributed by atoms with Gasteiger partial charge in [-0.15, -0.1) is 0 Å². The average Bonchev–Trinajstić information content (AvgIpc) is 2.34. The third-order valence-corrected chi connectivity index (χ3v) is 1.42. The molecule has 1 unspecified atom stereocenters. The average molecular weight is 152 g/mol. The fourth-order valence-corrected chi connectivity index (χ4v) is 0.953. The van der Waals surface area contributed by atoms with Crippen LogP contribution in [0.2, 0.25) is 0 Å². The van der Waals surface area contributed by atoms with E-state index < -0.39 is 18.0 Å². The summed E-state index contributed by atoms with van der Waals surface area (Å²) >= 11 is 0. The van der Waals surface area contributed by atoms with Crippen molar-refractivity contribution in [2.45, 2.75) is 6.10 Å². The summed E-state index contributed by atoms with van der Waals surface area (Å²) in [5.41, 5.74) is 0.374. The van der Waals surface area contributed by atoms with Gasteiger partial charge in [0.15, 0.2) is 0 Å². The minimum Gasteiger partial charge on any atom is -0.482 e. The van der Waals surface area contributed by atoms with Gasteiger partial charge in [-0.1, -0.05) is 0 Å². The van der Waals surface area contributed by atoms with Gasteiger partial charge in [0.25, 0.3) is 5.91 Å². The molecule has 0 saturated carbocycles. The molecule has 2 rings (SSSR count). The third-order valence-electron chi connectivity index (χ3n) is 1.42. The summed E-state index contributed by atoms with van der Waals surface area (Å²) < 4.78 is 4.84. The predicted octanol–water partition coefficient (Wildman–Crippen LogP) is -0.410. The summed E-state index contributed by atoms with van der Waals surface area (Å²) in [6, 6.07) is -0.628. The van der Waals surface area contributed by atoms with Crippen molar-refractivity contribution in [1.82, 2.24) is 5.32 Å². The topological polar surface area (TPSA) is 67.8 Å². The van der Waals surface area contributed by atoms with Crippen LogP contribution in [-0.4, -0.2) is 23.8 Å². The molecule has 3 amide bonds. The lowest BCUT2D eigenvalue weighted by Gasteiger charge is -2.13. The molecule has 0 spiro atoms. The highest BCUT2D eigenvalue weighted by atomic mass is 16.5. The van der Waals surface area contributed by atoms with E-state index in [4.69, 9.17) is 4.74 Å². The van der Waals surface area contributed by atoms with Crippen molar-refractivity contribution in [3.63, 3.8) is 0 Å². The van der Waals surface area contributed by atoms with E-state index in [9.17, 15) is 9.59 Å². The molecule has 2 heterocycles. The van der Waals surface area contributed by atoms with Gasteiger partial charge in [-0.2, -0.15) is 4.99 Å². The first-order valence-corrected chi connectivity index (χ1v) is 3.03. The van der Waals surface area contributed by atoms with E-state index in [-0.39, 0.29) is 0 Å². The molecule has 0 aromatic rings. The van der Waals surface area contributed by atoms with Crippen molar-refractivity contribution in [3.05, 3.63) is 12.3 Å². The summed E-state index contributed by atoms with van der Waals surface area (Å²) in [6.07, 6.45) is 2.14. The Bertz CT molecular complexity index is 292. The number of fused-ring (bicyclic) bond motifs is 1. The van der Waals surface area contributed by atoms with Crippen LogP contribution in [0.15, 0.2) is 17.3 Å². The number of carbonyl (C=O) groups is 2. The van der Waals surface area contributed by atoms with Crippen LogP contribution < -0.4 is 5.32 Å². The second-order valence-corrected chi connectivity index (χ2v) is 2.15. The van der Waals surface area contributed by atoms with Crippen molar-refractivity contribution in [2.24, 2.45) is 4.99 Å². The standard InChI is InChI=1S/C6H4N2O3/c9-5-4-3(1-2-11-4)7-6(10)8-5/h1-2,4H,(H,8,9,10). The molecule has 2 aliphatic rings. The van der Waals surface area contributed by atoms with Crippen molar-refractivity contribution in [2.75, 3.05) is 0 Å². The monoisotopic (exact) mass is 152 g/mol. The molecule has 5 nitrogen and oxygen atoms in total. The highest BCUT2D eigenvalue weighted by Gasteiger charge is 2.33. The SMILES string of the molecule is O=C1N=C2C=COC2C(=O)N1. The Balaban J connectivity index is 2.40. The van der Waals surface area contributed by atoms with Crippen LogP contribution in [0.3, 0.4) is 0 Å². The predicted molar refractivity (Wildman–Crippen MR) is 35.0 cm³/mol. The second-order valence-electron chi connectivity index (χ2n) is 2.15. The van der Waals surface area contributed by atoms with E-state index in [0.717, 1.165) is 0 Å². The van der Waals surface area contributed by atoms with Gasteiger partial charge in [-0.3, -0.25) is 10.1 Å². The highest BCUT2D eigenvalue weighted by molar-refractivity contribution is 6.23. The molecule has 0 aromatic carbocycles. The highest BCUT2D eigenvalue weighted by Crippen LogP contribution is 2.10. The zero-order valence-corrected chi connectivity index (χ0v) is 5.40. The maximum atomic E-state index is 10.9. The fourth-order valence-electron chi connectivity index (χ4n) is 0.953. The first kappa shape index (κ1) is 6.09. The van der Waals surface area contributed by atoms with Crippen molar-refractivity contribution in [1.29, 1.82) is 0 Å². The maximum absolute atomic E-state index is 10.9. The maximum Gasteiger partial charge on any atom is 0.348 e. The molecular formula is C6H4N2O3. The third kappa shape index (κ3) is 0.813. The van der Waals surface area contributed by atoms with E-state index in [1.54, 1.807) is 0 Å². The van der Waals surface area contributed by atoms with Gasteiger partial charge in [0.1, 0.15) is 0 Å². The molecule has 0 bridgehead atoms. The molecule has 0 radical (unpaired) electrons. The first-order chi connectivity index (χ1) is 5.27. The van der Waals surface area contributed by atoms with Crippen LogP contribution in [0.4, 0.5) is 4.79 Å². The smallest absolute Gasteiger partial charge is 0.348 e. The van der Waals surface area contributed by atoms with E-state index in [1.165, 1.54) is 12.3 Å². The molecule has 0 aliphatic carbocycles. The van der Waals surface area contributed by atoms with Crippen LogP contribution in [0.1, 0.15) is 0 Å². The summed E-state index contributed by atoms with van der Waals surface area (Å²) in [6.45, 7) is 0. The second kappa shape index (κ2) is 1.91. The number of hydrogen-bond donors (Lipinski definition) is 1. The van der Waals surface area contributed by atoms with Gasteiger partial charge in [-0.25, -0.2) is 4.79 Å². The fraction of sp³-hybridized carbons (Fsp3) is 0.167. The van der Waals surface area contributed by atoms with E-state index in [1.807, 2.05) is 5.32 Å². The Hall–Kier alpha value is -1.65. The lowest BCUT2D eigenvalue weighted by molar-refractivity contribution is -0.125. The van der Waals surface area contributed by atoms with Crippen molar-refractivity contribution >= 4 is 17.6 Å². The first-order valence-electron chi connectivity index (χ1n) is 3.03. The molecule has 0 saturated heterocycles. The van der Waals surface area contributed by atoms with Crippen LogP contribution in [0.25, 0.3) is 0 Å². The van der Waals surface area contributed by atoms with E-state index >= 15 is 0 Å². The van der Waals surface area contributed by atoms with Gasteiger partial charge in [0, 0.05) is 0 Å². The Labute approximate surface area is 61.7 Å². The van der Waals surface area contributed by atoms with Gasteiger partial charge >= 0.3 is 6.03 Å². The normalized spacial score (nSPS) is 27.3. The van der Waals surface area contributed by atoms with Crippen LogP contribution in [0, 0.1) is 0 Å². The summed E-state index contributed by atoms with van der Waals surface area (Å²) in [5, 5.41) is 2.02. The number of nitrogens with zero attached hydrogens (tertiary/aromatic N) is 1. The number of aliphatic imine (C=N–C) groups is 1. The minimum absolute atomic E-state index is 0.374. The zero-order chi connectivity index (χ0) is 7.84. The largest absolute Gasteiger partial charge is 0.482 e.